The zero-order valence-corrected chi connectivity index (χ0v) is 13.7. The fraction of sp³-hybridized carbons (Fsp3) is 0.188. The summed E-state index contributed by atoms with van der Waals surface area (Å²) in [5.74, 6) is -1.49. The fourth-order valence-corrected chi connectivity index (χ4v) is 3.16. The van der Waals surface area contributed by atoms with Gasteiger partial charge in [-0.1, -0.05) is 23.8 Å². The third-order valence-corrected chi connectivity index (χ3v) is 4.79. The quantitative estimate of drug-likeness (QED) is 0.540. The summed E-state index contributed by atoms with van der Waals surface area (Å²) in [5, 5.41) is 18.7. The summed E-state index contributed by atoms with van der Waals surface area (Å²) < 4.78 is 28.1. The van der Waals surface area contributed by atoms with E-state index in [-0.39, 0.29) is 22.8 Å². The Bertz CT molecular complexity index is 847. The van der Waals surface area contributed by atoms with Gasteiger partial charge in [0.25, 0.3) is 5.97 Å². The fourth-order valence-electron chi connectivity index (χ4n) is 2.06. The number of carboxylic acid groups (broad SMARTS) is 1. The maximum absolute atomic E-state index is 12.3. The second-order valence-corrected chi connectivity index (χ2v) is 6.98. The molecule has 2 rings (SSSR count). The van der Waals surface area contributed by atoms with E-state index in [1.165, 1.54) is 30.3 Å². The Morgan fingerprint density at radius 2 is 1.83 bits per heavy atom. The Labute approximate surface area is 139 Å². The number of rotatable bonds is 6. The molecule has 8 heteroatoms. The van der Waals surface area contributed by atoms with Crippen molar-refractivity contribution in [3.05, 3.63) is 58.3 Å². The van der Waals surface area contributed by atoms with Gasteiger partial charge in [-0.2, -0.15) is 0 Å². The number of nitrogens with two attached hydrogens (primary N) is 1. The van der Waals surface area contributed by atoms with Crippen molar-refractivity contribution in [2.24, 2.45) is 0 Å². The Balaban J connectivity index is 2.23. The Kier molecular flexibility index (Phi) is 5.10. The molecule has 0 aromatic heterocycles. The Morgan fingerprint density at radius 3 is 2.38 bits per heavy atom. The van der Waals surface area contributed by atoms with Crippen LogP contribution in [0, 0.1) is 6.92 Å². The minimum Gasteiger partial charge on any atom is -0.532 e. The lowest BCUT2D eigenvalue weighted by Gasteiger charge is -2.28. The molecule has 7 nitrogen and oxygen atoms in total. The summed E-state index contributed by atoms with van der Waals surface area (Å²) in [7, 11) is -4.10. The molecular weight excluding hydrogens is 332 g/mol. The molecule has 2 aromatic carbocycles. The number of aromatic hydroxyl groups is 1. The third kappa shape index (κ3) is 4.24. The van der Waals surface area contributed by atoms with E-state index in [0.29, 0.717) is 5.56 Å². The molecule has 128 valence electrons. The highest BCUT2D eigenvalue weighted by molar-refractivity contribution is 7.94. The van der Waals surface area contributed by atoms with Crippen molar-refractivity contribution in [3.8, 4) is 5.75 Å². The molecule has 0 aliphatic rings. The molecule has 0 fully saturated rings. The zero-order chi connectivity index (χ0) is 17.9. The van der Waals surface area contributed by atoms with Crippen LogP contribution in [-0.4, -0.2) is 30.6 Å². The van der Waals surface area contributed by atoms with Crippen molar-refractivity contribution in [1.29, 1.82) is 0 Å². The first-order chi connectivity index (χ1) is 11.2. The average molecular weight is 349 g/mol. The molecule has 0 heterocycles. The van der Waals surface area contributed by atoms with E-state index in [9.17, 15) is 23.4 Å². The first-order valence-corrected chi connectivity index (χ1v) is 8.47. The number of sulfonamides is 1. The van der Waals surface area contributed by atoms with Gasteiger partial charge in [-0.15, -0.1) is 0 Å². The number of nitrogen functional groups attached to an aromatic ring is 1. The first-order valence-electron chi connectivity index (χ1n) is 7.03. The number of phenolic OH excluding ortho intramolecular Hbond substituents is 1. The van der Waals surface area contributed by atoms with E-state index in [2.05, 4.69) is 4.72 Å². The second-order valence-electron chi connectivity index (χ2n) is 5.34. The predicted octanol–water partition coefficient (Wildman–Crippen LogP) is 2.04. The summed E-state index contributed by atoms with van der Waals surface area (Å²) in [6, 6.07) is 8.67. The lowest BCUT2D eigenvalue weighted by molar-refractivity contribution is -0.137. The molecule has 1 atom stereocenters. The lowest BCUT2D eigenvalue weighted by atomic mass is 10.1. The van der Waals surface area contributed by atoms with Gasteiger partial charge >= 0.3 is 0 Å². The van der Waals surface area contributed by atoms with E-state index in [1.807, 2.05) is 6.92 Å². The topological polar surface area (TPSA) is 132 Å². The average Bonchev–Trinajstić information content (AvgIpc) is 2.50. The minimum absolute atomic E-state index is 0.0652. The monoisotopic (exact) mass is 349 g/mol. The van der Waals surface area contributed by atoms with Crippen LogP contribution in [0.4, 0.5) is 5.69 Å². The number of hydrogen-bond acceptors (Lipinski definition) is 5. The Hall–Kier alpha value is -2.58. The Morgan fingerprint density at radius 1 is 1.21 bits per heavy atom. The highest BCUT2D eigenvalue weighted by atomic mass is 32.2. The largest absolute Gasteiger partial charge is 0.532 e. The highest BCUT2D eigenvalue weighted by Gasteiger charge is 2.15. The second kappa shape index (κ2) is 6.90. The molecule has 0 bridgehead atoms. The van der Waals surface area contributed by atoms with Crippen LogP contribution in [0.1, 0.15) is 11.1 Å². The molecule has 0 spiro atoms. The smallest absolute Gasteiger partial charge is 0.286 e. The molecule has 0 amide bonds. The van der Waals surface area contributed by atoms with Gasteiger partial charge in [0.15, 0.2) is 0 Å². The summed E-state index contributed by atoms with van der Waals surface area (Å²) in [6.45, 7) is 1.81. The van der Waals surface area contributed by atoms with Crippen molar-refractivity contribution < 1.29 is 23.4 Å². The third-order valence-electron chi connectivity index (χ3n) is 3.39. The number of phenols is 1. The molecule has 24 heavy (non-hydrogen) atoms. The predicted molar refractivity (Wildman–Crippen MR) is 89.4 cm³/mol. The van der Waals surface area contributed by atoms with Crippen molar-refractivity contribution >= 4 is 21.7 Å². The number of anilines is 1. The van der Waals surface area contributed by atoms with E-state index in [4.69, 9.17) is 5.73 Å². The van der Waals surface area contributed by atoms with Gasteiger partial charge < -0.3 is 20.7 Å². The van der Waals surface area contributed by atoms with Crippen LogP contribution in [-0.2, 0) is 21.2 Å². The van der Waals surface area contributed by atoms with Gasteiger partial charge in [0.2, 0.25) is 0 Å². The SMILES string of the molecule is Cc1ccc(S(=O)(=O)[N-]C(Cc2ccc(O)c(N)c2)C(=O)O)cc1. The van der Waals surface area contributed by atoms with E-state index in [0.717, 1.165) is 5.56 Å². The molecule has 0 aliphatic heterocycles. The lowest BCUT2D eigenvalue weighted by Crippen LogP contribution is -2.25. The number of hydrogen-bond donors (Lipinski definition) is 3. The van der Waals surface area contributed by atoms with Gasteiger partial charge in [-0.3, -0.25) is 4.79 Å². The maximum atomic E-state index is 12.3. The molecule has 0 saturated heterocycles. The minimum atomic E-state index is -4.10. The maximum Gasteiger partial charge on any atom is 0.286 e. The van der Waals surface area contributed by atoms with Gasteiger partial charge in [-0.25, -0.2) is 8.42 Å². The number of carbonyl (C=O) groups is 1. The summed E-state index contributed by atoms with van der Waals surface area (Å²) in [4.78, 5) is 11.3. The molecule has 4 N–H and O–H groups in total. The number of carboxylic acids is 1. The van der Waals surface area contributed by atoms with Crippen molar-refractivity contribution in [2.75, 3.05) is 5.73 Å². The highest BCUT2D eigenvalue weighted by Crippen LogP contribution is 2.25. The van der Waals surface area contributed by atoms with Crippen LogP contribution in [0.25, 0.3) is 4.72 Å². The van der Waals surface area contributed by atoms with E-state index < -0.39 is 22.0 Å². The first kappa shape index (κ1) is 17.8. The molecular formula is C16H17N2O5S-. The standard InChI is InChI=1S/C16H17N2O5S/c1-10-2-5-12(6-3-10)24(22,23)18-14(16(20)21)9-11-4-7-15(19)13(17)8-11/h2-8,14,19H,9,17H2,1H3,(H,20,21)/q-1. The van der Waals surface area contributed by atoms with Gasteiger partial charge in [-0.05, 0) is 49.2 Å². The van der Waals surface area contributed by atoms with E-state index in [1.54, 1.807) is 12.1 Å². The van der Waals surface area contributed by atoms with Crippen molar-refractivity contribution in [2.45, 2.75) is 24.3 Å². The van der Waals surface area contributed by atoms with Crippen LogP contribution < -0.4 is 5.73 Å². The number of aryl methyl sites for hydroxylation is 1. The summed E-state index contributed by atoms with van der Waals surface area (Å²) in [6.07, 6.45) is -0.162. The van der Waals surface area contributed by atoms with Crippen molar-refractivity contribution in [1.82, 2.24) is 0 Å². The molecule has 2 aromatic rings. The van der Waals surface area contributed by atoms with Crippen LogP contribution in [0.2, 0.25) is 0 Å². The van der Waals surface area contributed by atoms with Gasteiger partial charge in [0.05, 0.1) is 5.69 Å². The normalized spacial score (nSPS) is 12.7. The van der Waals surface area contributed by atoms with Crippen LogP contribution in [0.15, 0.2) is 47.4 Å². The van der Waals surface area contributed by atoms with E-state index >= 15 is 0 Å². The summed E-state index contributed by atoms with van der Waals surface area (Å²) >= 11 is 0. The molecule has 0 radical (unpaired) electrons. The van der Waals surface area contributed by atoms with Crippen LogP contribution in [0.3, 0.4) is 0 Å². The number of aliphatic carboxylic acids is 1. The van der Waals surface area contributed by atoms with Crippen LogP contribution >= 0.6 is 0 Å². The molecule has 0 aliphatic carbocycles. The van der Waals surface area contributed by atoms with Gasteiger partial charge in [0, 0.05) is 4.90 Å². The molecule has 0 saturated carbocycles. The number of benzene rings is 2. The summed E-state index contributed by atoms with van der Waals surface area (Å²) in [5.41, 5.74) is 6.98. The van der Waals surface area contributed by atoms with Gasteiger partial charge in [0.1, 0.15) is 15.8 Å². The zero-order valence-electron chi connectivity index (χ0n) is 12.9. The molecule has 1 unspecified atom stereocenters. The number of nitrogens with zero attached hydrogens (tertiary/aromatic N) is 1. The van der Waals surface area contributed by atoms with Crippen molar-refractivity contribution in [3.63, 3.8) is 0 Å². The van der Waals surface area contributed by atoms with Crippen LogP contribution in [0.5, 0.6) is 5.75 Å².